The third-order valence-corrected chi connectivity index (χ3v) is 2.12. The molecule has 0 radical (unpaired) electrons. The third kappa shape index (κ3) is 4.12. The average molecular weight is 210 g/mol. The highest BCUT2D eigenvalue weighted by molar-refractivity contribution is 5.38. The lowest BCUT2D eigenvalue weighted by atomic mass is 10.0. The fourth-order valence-corrected chi connectivity index (χ4v) is 1.34. The molecule has 0 bridgehead atoms. The number of hydrogen-bond acceptors (Lipinski definition) is 5. The van der Waals surface area contributed by atoms with Gasteiger partial charge in [-0.2, -0.15) is 0 Å². The van der Waals surface area contributed by atoms with Crippen LogP contribution in [0.15, 0.2) is 12.1 Å². The Balaban J connectivity index is 2.46. The molecule has 1 rings (SSSR count). The van der Waals surface area contributed by atoms with Gasteiger partial charge in [-0.25, -0.2) is 0 Å². The highest BCUT2D eigenvalue weighted by Crippen LogP contribution is 2.12. The smallest absolute Gasteiger partial charge is 0.148 e. The first-order valence-corrected chi connectivity index (χ1v) is 5.09. The van der Waals surface area contributed by atoms with Gasteiger partial charge in [0.15, 0.2) is 0 Å². The molecule has 84 valence electrons. The summed E-state index contributed by atoms with van der Waals surface area (Å²) in [5, 5.41) is 20.5. The van der Waals surface area contributed by atoms with Crippen LogP contribution in [0.25, 0.3) is 0 Å². The van der Waals surface area contributed by atoms with E-state index in [-0.39, 0.29) is 0 Å². The van der Waals surface area contributed by atoms with Crippen molar-refractivity contribution in [3.63, 3.8) is 0 Å². The largest absolute Gasteiger partial charge is 0.388 e. The molecular formula is C10H18N4O. The van der Waals surface area contributed by atoms with Crippen LogP contribution in [0.5, 0.6) is 0 Å². The standard InChI is InChI=1S/C10H18N4O/c1-3-6-10(2,15)7-12-9-5-4-8(11)13-14-9/h4-5,15H,3,6-7H2,1-2H3,(H2,11,13)(H,12,14). The summed E-state index contributed by atoms with van der Waals surface area (Å²) in [6.07, 6.45) is 1.70. The van der Waals surface area contributed by atoms with Gasteiger partial charge in [0, 0.05) is 6.54 Å². The molecule has 0 aromatic carbocycles. The summed E-state index contributed by atoms with van der Waals surface area (Å²) in [4.78, 5) is 0. The molecule has 1 atom stereocenters. The average Bonchev–Trinajstić information content (AvgIpc) is 2.17. The lowest BCUT2D eigenvalue weighted by molar-refractivity contribution is 0.0636. The molecule has 0 aliphatic rings. The Morgan fingerprint density at radius 3 is 2.73 bits per heavy atom. The predicted molar refractivity (Wildman–Crippen MR) is 60.5 cm³/mol. The number of nitrogen functional groups attached to an aromatic ring is 1. The van der Waals surface area contributed by atoms with E-state index < -0.39 is 5.60 Å². The molecule has 5 heteroatoms. The summed E-state index contributed by atoms with van der Waals surface area (Å²) in [6, 6.07) is 3.41. The first-order valence-electron chi connectivity index (χ1n) is 5.09. The van der Waals surface area contributed by atoms with Crippen molar-refractivity contribution >= 4 is 11.6 Å². The molecule has 0 aliphatic carbocycles. The van der Waals surface area contributed by atoms with E-state index in [9.17, 15) is 5.11 Å². The number of anilines is 2. The monoisotopic (exact) mass is 210 g/mol. The first kappa shape index (κ1) is 11.7. The summed E-state index contributed by atoms with van der Waals surface area (Å²) in [5.74, 6) is 1.02. The van der Waals surface area contributed by atoms with E-state index >= 15 is 0 Å². The molecule has 5 nitrogen and oxygen atoms in total. The maximum atomic E-state index is 9.89. The van der Waals surface area contributed by atoms with Gasteiger partial charge in [0.25, 0.3) is 0 Å². The number of rotatable bonds is 5. The van der Waals surface area contributed by atoms with Crippen LogP contribution in [0.4, 0.5) is 11.6 Å². The fourth-order valence-electron chi connectivity index (χ4n) is 1.34. The minimum Gasteiger partial charge on any atom is -0.388 e. The van der Waals surface area contributed by atoms with Crippen molar-refractivity contribution in [2.75, 3.05) is 17.6 Å². The zero-order chi connectivity index (χ0) is 11.3. The van der Waals surface area contributed by atoms with Crippen molar-refractivity contribution in [1.82, 2.24) is 10.2 Å². The molecular weight excluding hydrogens is 192 g/mol. The quantitative estimate of drug-likeness (QED) is 0.675. The fraction of sp³-hybridized carbons (Fsp3) is 0.600. The van der Waals surface area contributed by atoms with Crippen LogP contribution in [0.1, 0.15) is 26.7 Å². The molecule has 1 unspecified atom stereocenters. The summed E-state index contributed by atoms with van der Waals surface area (Å²) in [7, 11) is 0. The Kier molecular flexibility index (Phi) is 3.85. The summed E-state index contributed by atoms with van der Waals surface area (Å²) in [5.41, 5.74) is 4.70. The van der Waals surface area contributed by atoms with Crippen molar-refractivity contribution in [3.05, 3.63) is 12.1 Å². The van der Waals surface area contributed by atoms with Crippen molar-refractivity contribution in [1.29, 1.82) is 0 Å². The highest BCUT2D eigenvalue weighted by Gasteiger charge is 2.18. The normalized spacial score (nSPS) is 14.6. The van der Waals surface area contributed by atoms with Gasteiger partial charge >= 0.3 is 0 Å². The molecule has 1 heterocycles. The van der Waals surface area contributed by atoms with E-state index in [0.717, 1.165) is 12.8 Å². The molecule has 0 fully saturated rings. The van der Waals surface area contributed by atoms with Crippen LogP contribution in [0, 0.1) is 0 Å². The van der Waals surface area contributed by atoms with Crippen LogP contribution in [-0.2, 0) is 0 Å². The van der Waals surface area contributed by atoms with Crippen molar-refractivity contribution < 1.29 is 5.11 Å². The third-order valence-electron chi connectivity index (χ3n) is 2.12. The zero-order valence-electron chi connectivity index (χ0n) is 9.20. The Hall–Kier alpha value is -1.36. The molecule has 0 spiro atoms. The maximum absolute atomic E-state index is 9.89. The highest BCUT2D eigenvalue weighted by atomic mass is 16.3. The SMILES string of the molecule is CCCC(C)(O)CNc1ccc(N)nn1. The Morgan fingerprint density at radius 1 is 1.47 bits per heavy atom. The Bertz CT molecular complexity index is 297. The summed E-state index contributed by atoms with van der Waals surface area (Å²) < 4.78 is 0. The van der Waals surface area contributed by atoms with E-state index in [2.05, 4.69) is 15.5 Å². The number of nitrogens with zero attached hydrogens (tertiary/aromatic N) is 2. The van der Waals surface area contributed by atoms with Gasteiger partial charge in [-0.3, -0.25) is 0 Å². The van der Waals surface area contributed by atoms with Crippen molar-refractivity contribution in [2.24, 2.45) is 0 Å². The van der Waals surface area contributed by atoms with Crippen LogP contribution in [-0.4, -0.2) is 27.4 Å². The Labute approximate surface area is 89.7 Å². The van der Waals surface area contributed by atoms with E-state index in [1.54, 1.807) is 19.1 Å². The van der Waals surface area contributed by atoms with Crippen molar-refractivity contribution in [2.45, 2.75) is 32.3 Å². The molecule has 0 amide bonds. The predicted octanol–water partition coefficient (Wildman–Crippen LogP) is 1.02. The summed E-state index contributed by atoms with van der Waals surface area (Å²) in [6.45, 7) is 4.30. The van der Waals surface area contributed by atoms with Gasteiger partial charge in [-0.15, -0.1) is 10.2 Å². The van der Waals surface area contributed by atoms with Gasteiger partial charge in [0.2, 0.25) is 0 Å². The number of aromatic nitrogens is 2. The molecule has 4 N–H and O–H groups in total. The van der Waals surface area contributed by atoms with E-state index in [1.165, 1.54) is 0 Å². The van der Waals surface area contributed by atoms with E-state index in [4.69, 9.17) is 5.73 Å². The second-order valence-corrected chi connectivity index (χ2v) is 3.94. The van der Waals surface area contributed by atoms with Crippen LogP contribution in [0.3, 0.4) is 0 Å². The number of aliphatic hydroxyl groups is 1. The van der Waals surface area contributed by atoms with Crippen LogP contribution < -0.4 is 11.1 Å². The lowest BCUT2D eigenvalue weighted by Gasteiger charge is -2.22. The zero-order valence-corrected chi connectivity index (χ0v) is 9.20. The number of hydrogen-bond donors (Lipinski definition) is 3. The van der Waals surface area contributed by atoms with E-state index in [1.807, 2.05) is 6.92 Å². The second kappa shape index (κ2) is 4.93. The van der Waals surface area contributed by atoms with E-state index in [0.29, 0.717) is 18.2 Å². The lowest BCUT2D eigenvalue weighted by Crippen LogP contribution is -2.33. The van der Waals surface area contributed by atoms with Crippen molar-refractivity contribution in [3.8, 4) is 0 Å². The first-order chi connectivity index (χ1) is 7.03. The molecule has 0 saturated carbocycles. The van der Waals surface area contributed by atoms with Crippen LogP contribution in [0.2, 0.25) is 0 Å². The minimum absolute atomic E-state index is 0.390. The van der Waals surface area contributed by atoms with Gasteiger partial charge in [-0.1, -0.05) is 13.3 Å². The molecule has 0 aliphatic heterocycles. The minimum atomic E-state index is -0.710. The summed E-state index contributed by atoms with van der Waals surface area (Å²) >= 11 is 0. The Morgan fingerprint density at radius 2 is 2.20 bits per heavy atom. The maximum Gasteiger partial charge on any atom is 0.148 e. The molecule has 15 heavy (non-hydrogen) atoms. The topological polar surface area (TPSA) is 84.1 Å². The molecule has 1 aromatic rings. The molecule has 1 aromatic heterocycles. The van der Waals surface area contributed by atoms with Gasteiger partial charge in [0.05, 0.1) is 5.60 Å². The second-order valence-electron chi connectivity index (χ2n) is 3.94. The molecule has 0 saturated heterocycles. The number of nitrogens with one attached hydrogen (secondary N) is 1. The number of nitrogens with two attached hydrogens (primary N) is 1. The van der Waals surface area contributed by atoms with Gasteiger partial charge < -0.3 is 16.2 Å². The van der Waals surface area contributed by atoms with Gasteiger partial charge in [0.1, 0.15) is 11.6 Å². The van der Waals surface area contributed by atoms with Gasteiger partial charge in [-0.05, 0) is 25.5 Å². The van der Waals surface area contributed by atoms with Crippen LogP contribution >= 0.6 is 0 Å².